The van der Waals surface area contributed by atoms with Gasteiger partial charge in [-0.15, -0.1) is 0 Å². The third kappa shape index (κ3) is 4.44. The molecule has 0 fully saturated rings. The first kappa shape index (κ1) is 17.1. The Bertz CT molecular complexity index is 816. The van der Waals surface area contributed by atoms with Gasteiger partial charge in [0.2, 0.25) is 5.12 Å². The lowest BCUT2D eigenvalue weighted by molar-refractivity contribution is -0.107. The summed E-state index contributed by atoms with van der Waals surface area (Å²) in [6, 6.07) is 15.2. The van der Waals surface area contributed by atoms with Crippen LogP contribution in [0.25, 0.3) is 6.08 Å². The summed E-state index contributed by atoms with van der Waals surface area (Å²) in [5, 5.41) is 0.687. The van der Waals surface area contributed by atoms with Crippen LogP contribution in [0.3, 0.4) is 0 Å². The van der Waals surface area contributed by atoms with Crippen LogP contribution < -0.4 is 4.74 Å². The quantitative estimate of drug-likeness (QED) is 0.684. The molecule has 1 aliphatic heterocycles. The fourth-order valence-corrected chi connectivity index (χ4v) is 3.99. The number of rotatable bonds is 4. The summed E-state index contributed by atoms with van der Waals surface area (Å²) in [7, 11) is 1.62. The summed E-state index contributed by atoms with van der Waals surface area (Å²) >= 11 is 8.61. The number of thioether (sulfide) groups is 2. The number of ether oxygens (including phenoxy) is 1. The van der Waals surface area contributed by atoms with E-state index in [-0.39, 0.29) is 5.12 Å². The van der Waals surface area contributed by atoms with Gasteiger partial charge >= 0.3 is 0 Å². The van der Waals surface area contributed by atoms with E-state index < -0.39 is 0 Å². The molecule has 1 heterocycles. The van der Waals surface area contributed by atoms with E-state index in [4.69, 9.17) is 16.3 Å². The van der Waals surface area contributed by atoms with Crippen LogP contribution in [0, 0.1) is 0 Å². The van der Waals surface area contributed by atoms with E-state index >= 15 is 0 Å². The van der Waals surface area contributed by atoms with Crippen molar-refractivity contribution in [2.45, 2.75) is 5.75 Å². The van der Waals surface area contributed by atoms with Crippen molar-refractivity contribution in [2.24, 2.45) is 4.99 Å². The zero-order valence-electron chi connectivity index (χ0n) is 12.9. The van der Waals surface area contributed by atoms with Crippen molar-refractivity contribution in [2.75, 3.05) is 7.11 Å². The summed E-state index contributed by atoms with van der Waals surface area (Å²) in [4.78, 5) is 16.6. The Kier molecular flexibility index (Phi) is 5.66. The molecule has 0 spiro atoms. The zero-order chi connectivity index (χ0) is 16.9. The number of carbonyl (C=O) groups excluding carboxylic acids is 1. The summed E-state index contributed by atoms with van der Waals surface area (Å²) in [6.45, 7) is 0. The Morgan fingerprint density at radius 2 is 2.04 bits per heavy atom. The first-order valence-corrected chi connectivity index (χ1v) is 9.36. The molecule has 0 unspecified atom stereocenters. The van der Waals surface area contributed by atoms with Crippen molar-refractivity contribution in [3.8, 4) is 5.75 Å². The standard InChI is InChI=1S/C18H14ClNO2S2/c1-22-15-4-2-3-13(9-15)10-16-17(21)24-18(20-16)23-11-12-5-7-14(19)8-6-12/h2-10H,11H2,1H3. The maximum absolute atomic E-state index is 12.1. The van der Waals surface area contributed by atoms with Crippen LogP contribution in [-0.2, 0) is 10.5 Å². The number of nitrogens with zero attached hydrogens (tertiary/aromatic N) is 1. The van der Waals surface area contributed by atoms with Gasteiger partial charge in [0.25, 0.3) is 0 Å². The van der Waals surface area contributed by atoms with Crippen LogP contribution in [0.2, 0.25) is 5.02 Å². The predicted octanol–water partition coefficient (Wildman–Crippen LogP) is 5.25. The number of benzene rings is 2. The normalized spacial score (nSPS) is 15.7. The molecule has 0 amide bonds. The molecule has 2 aromatic rings. The minimum Gasteiger partial charge on any atom is -0.497 e. The van der Waals surface area contributed by atoms with Gasteiger partial charge < -0.3 is 4.74 Å². The van der Waals surface area contributed by atoms with Gasteiger partial charge in [0.1, 0.15) is 15.8 Å². The van der Waals surface area contributed by atoms with Gasteiger partial charge in [-0.1, -0.05) is 47.6 Å². The van der Waals surface area contributed by atoms with Crippen molar-refractivity contribution in [3.05, 3.63) is 70.4 Å². The lowest BCUT2D eigenvalue weighted by atomic mass is 10.2. The van der Waals surface area contributed by atoms with Crippen LogP contribution in [0.1, 0.15) is 11.1 Å². The second-order valence-electron chi connectivity index (χ2n) is 4.99. The van der Waals surface area contributed by atoms with Crippen LogP contribution in [0.4, 0.5) is 0 Å². The van der Waals surface area contributed by atoms with E-state index in [1.807, 2.05) is 48.5 Å². The molecule has 0 bridgehead atoms. The fraction of sp³-hybridized carbons (Fsp3) is 0.111. The van der Waals surface area contributed by atoms with Crippen LogP contribution in [-0.4, -0.2) is 16.6 Å². The van der Waals surface area contributed by atoms with Crippen molar-refractivity contribution in [3.63, 3.8) is 0 Å². The molecule has 24 heavy (non-hydrogen) atoms. The second-order valence-corrected chi connectivity index (χ2v) is 7.61. The molecule has 122 valence electrons. The smallest absolute Gasteiger partial charge is 0.244 e. The average molecular weight is 376 g/mol. The van der Waals surface area contributed by atoms with Gasteiger partial charge in [0, 0.05) is 10.8 Å². The van der Waals surface area contributed by atoms with Gasteiger partial charge in [0.15, 0.2) is 0 Å². The molecule has 6 heteroatoms. The number of aliphatic imine (C=N–C) groups is 1. The molecule has 0 aliphatic carbocycles. The average Bonchev–Trinajstić information content (AvgIpc) is 2.94. The van der Waals surface area contributed by atoms with E-state index in [1.54, 1.807) is 24.9 Å². The highest BCUT2D eigenvalue weighted by Gasteiger charge is 2.22. The second kappa shape index (κ2) is 7.92. The third-order valence-corrected chi connectivity index (χ3v) is 5.61. The predicted molar refractivity (Wildman–Crippen MR) is 104 cm³/mol. The van der Waals surface area contributed by atoms with Crippen LogP contribution in [0.15, 0.2) is 59.2 Å². The van der Waals surface area contributed by atoms with E-state index in [9.17, 15) is 4.79 Å². The van der Waals surface area contributed by atoms with Crippen molar-refractivity contribution in [1.82, 2.24) is 0 Å². The summed E-state index contributed by atoms with van der Waals surface area (Å²) in [5.41, 5.74) is 2.50. The molecule has 0 saturated heterocycles. The first-order valence-electron chi connectivity index (χ1n) is 7.18. The number of halogens is 1. The highest BCUT2D eigenvalue weighted by Crippen LogP contribution is 2.33. The molecule has 2 aromatic carbocycles. The maximum Gasteiger partial charge on any atom is 0.244 e. The number of hydrogen-bond acceptors (Lipinski definition) is 5. The van der Waals surface area contributed by atoms with E-state index in [0.717, 1.165) is 32.0 Å². The van der Waals surface area contributed by atoms with Crippen molar-refractivity contribution >= 4 is 50.7 Å². The molecule has 3 nitrogen and oxygen atoms in total. The van der Waals surface area contributed by atoms with Gasteiger partial charge in [0.05, 0.1) is 7.11 Å². The minimum atomic E-state index is -0.0311. The van der Waals surface area contributed by atoms with E-state index in [1.165, 1.54) is 11.8 Å². The SMILES string of the molecule is COc1cccc(C=C2N=C(SCc3ccc(Cl)cc3)SC2=O)c1. The van der Waals surface area contributed by atoms with Gasteiger partial charge in [-0.2, -0.15) is 0 Å². The summed E-state index contributed by atoms with van der Waals surface area (Å²) in [5.74, 6) is 1.51. The topological polar surface area (TPSA) is 38.7 Å². The molecule has 0 saturated carbocycles. The molecular weight excluding hydrogens is 362 g/mol. The van der Waals surface area contributed by atoms with Crippen LogP contribution >= 0.6 is 35.1 Å². The molecule has 1 aliphatic rings. The zero-order valence-corrected chi connectivity index (χ0v) is 15.3. The minimum absolute atomic E-state index is 0.0311. The Morgan fingerprint density at radius 1 is 1.25 bits per heavy atom. The first-order chi connectivity index (χ1) is 11.6. The monoisotopic (exact) mass is 375 g/mol. The summed E-state index contributed by atoms with van der Waals surface area (Å²) in [6.07, 6.45) is 1.79. The largest absolute Gasteiger partial charge is 0.497 e. The number of hydrogen-bond donors (Lipinski definition) is 0. The molecule has 0 radical (unpaired) electrons. The lowest BCUT2D eigenvalue weighted by Gasteiger charge is -2.00. The Balaban J connectivity index is 1.70. The van der Waals surface area contributed by atoms with Gasteiger partial charge in [-0.05, 0) is 53.2 Å². The Morgan fingerprint density at radius 3 is 2.79 bits per heavy atom. The Hall–Kier alpha value is -1.69. The van der Waals surface area contributed by atoms with Crippen LogP contribution in [0.5, 0.6) is 5.75 Å². The highest BCUT2D eigenvalue weighted by molar-refractivity contribution is 8.45. The Labute approximate surface area is 154 Å². The fourth-order valence-electron chi connectivity index (χ4n) is 2.07. The molecule has 0 N–H and O–H groups in total. The summed E-state index contributed by atoms with van der Waals surface area (Å²) < 4.78 is 5.96. The van der Waals surface area contributed by atoms with E-state index in [2.05, 4.69) is 4.99 Å². The van der Waals surface area contributed by atoms with Crippen molar-refractivity contribution in [1.29, 1.82) is 0 Å². The van der Waals surface area contributed by atoms with Crippen molar-refractivity contribution < 1.29 is 9.53 Å². The molecule has 0 atom stereocenters. The molecule has 0 aromatic heterocycles. The lowest BCUT2D eigenvalue weighted by Crippen LogP contribution is -1.89. The van der Waals surface area contributed by atoms with E-state index in [0.29, 0.717) is 5.70 Å². The van der Waals surface area contributed by atoms with Gasteiger partial charge in [-0.3, -0.25) is 4.79 Å². The highest BCUT2D eigenvalue weighted by atomic mass is 35.5. The maximum atomic E-state index is 12.1. The third-order valence-electron chi connectivity index (χ3n) is 3.27. The molecular formula is C18H14ClNO2S2. The van der Waals surface area contributed by atoms with Gasteiger partial charge in [-0.25, -0.2) is 4.99 Å². The number of methoxy groups -OCH3 is 1. The molecule has 3 rings (SSSR count). The number of carbonyl (C=O) groups is 1.